The van der Waals surface area contributed by atoms with Crippen molar-refractivity contribution in [1.82, 2.24) is 15.5 Å². The van der Waals surface area contributed by atoms with Crippen LogP contribution in [-0.4, -0.2) is 22.2 Å². The summed E-state index contributed by atoms with van der Waals surface area (Å²) in [6.45, 7) is 4.78. The Hall–Kier alpha value is -0.620. The van der Waals surface area contributed by atoms with E-state index in [-0.39, 0.29) is 18.8 Å². The molecule has 1 fully saturated rings. The number of nitrogens with zero attached hydrogens (tertiary/aromatic N) is 2. The molecule has 2 rings (SSSR count). The fourth-order valence-electron chi connectivity index (χ4n) is 2.18. The van der Waals surface area contributed by atoms with Crippen molar-refractivity contribution in [1.29, 1.82) is 0 Å². The van der Waals surface area contributed by atoms with E-state index in [4.69, 9.17) is 0 Å². The second-order valence-corrected chi connectivity index (χ2v) is 6.31. The lowest BCUT2D eigenvalue weighted by molar-refractivity contribution is -0.0408. The molecular formula is C12H19F2N3S. The van der Waals surface area contributed by atoms with Gasteiger partial charge < -0.3 is 5.32 Å². The van der Waals surface area contributed by atoms with Crippen LogP contribution in [0.15, 0.2) is 0 Å². The van der Waals surface area contributed by atoms with Crippen LogP contribution in [0, 0.1) is 0 Å². The molecule has 0 bridgehead atoms. The van der Waals surface area contributed by atoms with E-state index in [1.165, 1.54) is 11.3 Å². The van der Waals surface area contributed by atoms with Crippen LogP contribution < -0.4 is 5.32 Å². The Bertz CT molecular complexity index is 392. The van der Waals surface area contributed by atoms with Gasteiger partial charge in [-0.2, -0.15) is 0 Å². The molecule has 1 aromatic rings. The molecule has 1 unspecified atom stereocenters. The maximum absolute atomic E-state index is 13.3. The zero-order chi connectivity index (χ0) is 13.2. The second-order valence-electron chi connectivity index (χ2n) is 5.22. The minimum atomic E-state index is -2.52. The summed E-state index contributed by atoms with van der Waals surface area (Å²) in [5.74, 6) is -2.63. The predicted molar refractivity (Wildman–Crippen MR) is 68.0 cm³/mol. The molecule has 1 aromatic heterocycles. The summed E-state index contributed by atoms with van der Waals surface area (Å²) < 4.78 is 26.7. The van der Waals surface area contributed by atoms with Crippen molar-refractivity contribution in [2.24, 2.45) is 0 Å². The molecule has 1 N–H and O–H groups in total. The van der Waals surface area contributed by atoms with E-state index < -0.39 is 5.92 Å². The van der Waals surface area contributed by atoms with Crippen LogP contribution in [0.5, 0.6) is 0 Å². The second kappa shape index (κ2) is 5.57. The van der Waals surface area contributed by atoms with Crippen LogP contribution in [0.3, 0.4) is 0 Å². The van der Waals surface area contributed by atoms with E-state index in [9.17, 15) is 8.78 Å². The summed E-state index contributed by atoms with van der Waals surface area (Å²) in [5, 5.41) is 13.1. The highest BCUT2D eigenvalue weighted by atomic mass is 32.1. The molecule has 0 saturated heterocycles. The third kappa shape index (κ3) is 3.68. The number of hydrogen-bond acceptors (Lipinski definition) is 4. The van der Waals surface area contributed by atoms with Crippen LogP contribution in [0.1, 0.15) is 55.5 Å². The molecule has 0 aromatic carbocycles. The highest BCUT2D eigenvalue weighted by Gasteiger charge is 2.38. The largest absolute Gasteiger partial charge is 0.308 e. The summed E-state index contributed by atoms with van der Waals surface area (Å²) in [6, 6.07) is 0.386. The minimum absolute atomic E-state index is 0.0179. The third-order valence-corrected chi connectivity index (χ3v) is 4.22. The van der Waals surface area contributed by atoms with Crippen LogP contribution in [-0.2, 0) is 6.54 Å². The molecule has 0 radical (unpaired) electrons. The van der Waals surface area contributed by atoms with Crippen molar-refractivity contribution in [3.05, 3.63) is 10.0 Å². The predicted octanol–water partition coefficient (Wildman–Crippen LogP) is 3.33. The van der Waals surface area contributed by atoms with Crippen molar-refractivity contribution in [3.8, 4) is 0 Å². The first-order chi connectivity index (χ1) is 8.46. The number of hydrogen-bond donors (Lipinski definition) is 1. The SMILES string of the molecule is CC(C)NCc1nnc(C2CCCC(F)(F)C2)s1. The van der Waals surface area contributed by atoms with Gasteiger partial charge in [0.05, 0.1) is 0 Å². The summed E-state index contributed by atoms with van der Waals surface area (Å²) in [6.07, 6.45) is 1.34. The standard InChI is InChI=1S/C12H19F2N3S/c1-8(2)15-7-10-16-17-11(18-10)9-4-3-5-12(13,14)6-9/h8-9,15H,3-7H2,1-2H3. The van der Waals surface area contributed by atoms with Crippen molar-refractivity contribution >= 4 is 11.3 Å². The van der Waals surface area contributed by atoms with Crippen molar-refractivity contribution in [2.45, 2.75) is 64.0 Å². The van der Waals surface area contributed by atoms with E-state index in [1.54, 1.807) is 0 Å². The van der Waals surface area contributed by atoms with Crippen LogP contribution in [0.25, 0.3) is 0 Å². The first-order valence-corrected chi connectivity index (χ1v) is 7.21. The number of rotatable bonds is 4. The average molecular weight is 275 g/mol. The normalized spacial score (nSPS) is 23.5. The Labute approximate surface area is 110 Å². The maximum atomic E-state index is 13.3. The number of nitrogens with one attached hydrogen (secondary N) is 1. The van der Waals surface area contributed by atoms with Gasteiger partial charge in [0.1, 0.15) is 10.0 Å². The average Bonchev–Trinajstić information content (AvgIpc) is 2.73. The van der Waals surface area contributed by atoms with Gasteiger partial charge in [-0.3, -0.25) is 0 Å². The maximum Gasteiger partial charge on any atom is 0.248 e. The molecule has 3 nitrogen and oxygen atoms in total. The zero-order valence-corrected chi connectivity index (χ0v) is 11.6. The Morgan fingerprint density at radius 3 is 2.89 bits per heavy atom. The Balaban J connectivity index is 1.97. The highest BCUT2D eigenvalue weighted by molar-refractivity contribution is 7.11. The molecule has 0 aliphatic heterocycles. The molecule has 1 heterocycles. The minimum Gasteiger partial charge on any atom is -0.308 e. The van der Waals surface area contributed by atoms with Gasteiger partial charge in [0.25, 0.3) is 0 Å². The Kier molecular flexibility index (Phi) is 4.27. The van der Waals surface area contributed by atoms with Crippen molar-refractivity contribution in [3.63, 3.8) is 0 Å². The van der Waals surface area contributed by atoms with E-state index in [0.29, 0.717) is 19.0 Å². The van der Waals surface area contributed by atoms with Crippen LogP contribution >= 0.6 is 11.3 Å². The molecule has 1 atom stereocenters. The first-order valence-electron chi connectivity index (χ1n) is 6.40. The van der Waals surface area contributed by atoms with Gasteiger partial charge in [-0.25, -0.2) is 8.78 Å². The number of aromatic nitrogens is 2. The van der Waals surface area contributed by atoms with E-state index in [1.807, 2.05) is 0 Å². The van der Waals surface area contributed by atoms with Crippen LogP contribution in [0.4, 0.5) is 8.78 Å². The quantitative estimate of drug-likeness (QED) is 0.916. The molecule has 1 aliphatic rings. The molecule has 1 aliphatic carbocycles. The number of halogens is 2. The lowest BCUT2D eigenvalue weighted by Gasteiger charge is -2.27. The third-order valence-electron chi connectivity index (χ3n) is 3.13. The van der Waals surface area contributed by atoms with Gasteiger partial charge in [-0.15, -0.1) is 10.2 Å². The fraction of sp³-hybridized carbons (Fsp3) is 0.833. The van der Waals surface area contributed by atoms with E-state index >= 15 is 0 Å². The molecule has 18 heavy (non-hydrogen) atoms. The Morgan fingerprint density at radius 1 is 1.44 bits per heavy atom. The molecule has 0 spiro atoms. The van der Waals surface area contributed by atoms with Gasteiger partial charge in [-0.1, -0.05) is 25.2 Å². The van der Waals surface area contributed by atoms with Crippen molar-refractivity contribution in [2.75, 3.05) is 0 Å². The Morgan fingerprint density at radius 2 is 2.22 bits per heavy atom. The summed E-state index contributed by atoms with van der Waals surface area (Å²) in [7, 11) is 0. The van der Waals surface area contributed by atoms with E-state index in [2.05, 4.69) is 29.4 Å². The summed E-state index contributed by atoms with van der Waals surface area (Å²) in [4.78, 5) is 0. The fourth-order valence-corrected chi connectivity index (χ4v) is 3.10. The van der Waals surface area contributed by atoms with Gasteiger partial charge in [-0.05, 0) is 12.8 Å². The van der Waals surface area contributed by atoms with Crippen LogP contribution in [0.2, 0.25) is 0 Å². The lowest BCUT2D eigenvalue weighted by atomic mass is 9.87. The smallest absolute Gasteiger partial charge is 0.248 e. The van der Waals surface area contributed by atoms with Gasteiger partial charge in [0.2, 0.25) is 5.92 Å². The highest BCUT2D eigenvalue weighted by Crippen LogP contribution is 2.42. The molecule has 1 saturated carbocycles. The molecular weight excluding hydrogens is 256 g/mol. The topological polar surface area (TPSA) is 37.8 Å². The number of alkyl halides is 2. The van der Waals surface area contributed by atoms with E-state index in [0.717, 1.165) is 16.4 Å². The summed E-state index contributed by atoms with van der Waals surface area (Å²) in [5.41, 5.74) is 0. The van der Waals surface area contributed by atoms with Gasteiger partial charge in [0, 0.05) is 31.3 Å². The molecule has 0 amide bonds. The lowest BCUT2D eigenvalue weighted by Crippen LogP contribution is -2.24. The van der Waals surface area contributed by atoms with Gasteiger partial charge >= 0.3 is 0 Å². The first kappa shape index (κ1) is 13.8. The monoisotopic (exact) mass is 275 g/mol. The molecule has 6 heteroatoms. The van der Waals surface area contributed by atoms with Gasteiger partial charge in [0.15, 0.2) is 0 Å². The molecule has 102 valence electrons. The van der Waals surface area contributed by atoms with Crippen molar-refractivity contribution < 1.29 is 8.78 Å². The summed E-state index contributed by atoms with van der Waals surface area (Å²) >= 11 is 1.46. The zero-order valence-electron chi connectivity index (χ0n) is 10.7.